The van der Waals surface area contributed by atoms with E-state index in [1.54, 1.807) is 7.11 Å². The van der Waals surface area contributed by atoms with Crippen LogP contribution in [0.4, 0.5) is 5.69 Å². The summed E-state index contributed by atoms with van der Waals surface area (Å²) in [6, 6.07) is 5.83. The molecule has 1 aromatic rings. The maximum Gasteiger partial charge on any atom is 0.184 e. The molecule has 1 aromatic carbocycles. The van der Waals surface area contributed by atoms with Crippen LogP contribution < -0.4 is 21.2 Å². The number of nitrogens with zero attached hydrogens (tertiary/aromatic N) is 1. The number of anilines is 1. The van der Waals surface area contributed by atoms with Crippen molar-refractivity contribution in [3.05, 3.63) is 23.8 Å². The Hall–Kier alpha value is -1.82. The summed E-state index contributed by atoms with van der Waals surface area (Å²) in [5.74, 6) is 0.819. The molecule has 0 aliphatic carbocycles. The smallest absolute Gasteiger partial charge is 0.184 e. The molecule has 0 radical (unpaired) electrons. The number of rotatable bonds is 2. The number of hydrogen-bond donors (Lipinski definition) is 3. The zero-order valence-electron chi connectivity index (χ0n) is 9.49. The van der Waals surface area contributed by atoms with Crippen LogP contribution in [0.1, 0.15) is 12.0 Å². The molecule has 1 heterocycles. The van der Waals surface area contributed by atoms with Crippen molar-refractivity contribution in [2.24, 2.45) is 10.8 Å². The summed E-state index contributed by atoms with van der Waals surface area (Å²) in [6.07, 6.45) is 0.828. The zero-order chi connectivity index (χ0) is 12.3. The first-order valence-corrected chi connectivity index (χ1v) is 5.66. The highest BCUT2D eigenvalue weighted by atomic mass is 32.1. The third kappa shape index (κ3) is 2.65. The quantitative estimate of drug-likeness (QED) is 0.540. The Balaban J connectivity index is 2.31. The molecule has 5 nitrogen and oxygen atoms in total. The van der Waals surface area contributed by atoms with Crippen LogP contribution in [0.25, 0.3) is 0 Å². The van der Waals surface area contributed by atoms with Gasteiger partial charge in [0, 0.05) is 30.3 Å². The lowest BCUT2D eigenvalue weighted by molar-refractivity contribution is 0.415. The number of thiocarbonyl (C=S) groups is 1. The van der Waals surface area contributed by atoms with Gasteiger partial charge in [0.2, 0.25) is 0 Å². The predicted molar refractivity (Wildman–Crippen MR) is 72.6 cm³/mol. The highest BCUT2D eigenvalue weighted by molar-refractivity contribution is 7.80. The van der Waals surface area contributed by atoms with Crippen molar-refractivity contribution in [1.29, 1.82) is 0 Å². The van der Waals surface area contributed by atoms with Gasteiger partial charge in [0.05, 0.1) is 12.8 Å². The first kappa shape index (κ1) is 11.7. The lowest BCUT2D eigenvalue weighted by atomic mass is 10.0. The fourth-order valence-corrected chi connectivity index (χ4v) is 1.78. The van der Waals surface area contributed by atoms with Crippen LogP contribution in [0.5, 0.6) is 5.75 Å². The molecule has 2 rings (SSSR count). The molecule has 0 saturated heterocycles. The first-order chi connectivity index (χ1) is 8.20. The van der Waals surface area contributed by atoms with E-state index in [1.807, 2.05) is 18.2 Å². The van der Waals surface area contributed by atoms with Gasteiger partial charge in [-0.15, -0.1) is 0 Å². The van der Waals surface area contributed by atoms with Crippen LogP contribution in [-0.4, -0.2) is 24.5 Å². The Morgan fingerprint density at radius 3 is 3.12 bits per heavy atom. The molecular weight excluding hydrogens is 236 g/mol. The van der Waals surface area contributed by atoms with Gasteiger partial charge in [-0.05, 0) is 24.4 Å². The van der Waals surface area contributed by atoms with E-state index < -0.39 is 0 Å². The van der Waals surface area contributed by atoms with Gasteiger partial charge in [-0.3, -0.25) is 5.43 Å². The second kappa shape index (κ2) is 5.01. The molecule has 4 N–H and O–H groups in total. The number of nitrogens with one attached hydrogen (secondary N) is 2. The monoisotopic (exact) mass is 250 g/mol. The maximum absolute atomic E-state index is 5.35. The van der Waals surface area contributed by atoms with Gasteiger partial charge >= 0.3 is 0 Å². The van der Waals surface area contributed by atoms with Crippen molar-refractivity contribution in [3.8, 4) is 5.75 Å². The number of benzene rings is 1. The van der Waals surface area contributed by atoms with Gasteiger partial charge in [-0.1, -0.05) is 0 Å². The minimum absolute atomic E-state index is 0.172. The Kier molecular flexibility index (Phi) is 3.43. The van der Waals surface area contributed by atoms with Gasteiger partial charge in [0.25, 0.3) is 0 Å². The Morgan fingerprint density at radius 2 is 2.41 bits per heavy atom. The number of nitrogens with two attached hydrogens (primary N) is 1. The van der Waals surface area contributed by atoms with E-state index in [0.29, 0.717) is 0 Å². The molecule has 0 saturated carbocycles. The molecule has 0 fully saturated rings. The van der Waals surface area contributed by atoms with Crippen LogP contribution in [0.2, 0.25) is 0 Å². The Morgan fingerprint density at radius 1 is 1.59 bits per heavy atom. The summed E-state index contributed by atoms with van der Waals surface area (Å²) >= 11 is 4.73. The third-order valence-corrected chi connectivity index (χ3v) is 2.61. The second-order valence-electron chi connectivity index (χ2n) is 3.62. The number of fused-ring (bicyclic) bond motifs is 1. The summed E-state index contributed by atoms with van der Waals surface area (Å²) in [6.45, 7) is 0.831. The standard InChI is InChI=1S/C11H14N4OS/c1-16-7-2-3-8-9(14-15-11(12)17)4-5-13-10(8)6-7/h2-3,6,13H,4-5H2,1H3,(H3,12,15,17). The average Bonchev–Trinajstić information content (AvgIpc) is 2.35. The van der Waals surface area contributed by atoms with E-state index in [-0.39, 0.29) is 5.11 Å². The number of hydrazone groups is 1. The van der Waals surface area contributed by atoms with Gasteiger partial charge in [0.15, 0.2) is 5.11 Å². The van der Waals surface area contributed by atoms with Crippen LogP contribution in [0, 0.1) is 0 Å². The van der Waals surface area contributed by atoms with Gasteiger partial charge < -0.3 is 15.8 Å². The van der Waals surface area contributed by atoms with Crippen molar-refractivity contribution in [2.75, 3.05) is 19.0 Å². The predicted octanol–water partition coefficient (Wildman–Crippen LogP) is 1.05. The summed E-state index contributed by atoms with van der Waals surface area (Å²) in [5.41, 5.74) is 11.0. The third-order valence-electron chi connectivity index (χ3n) is 2.52. The fourth-order valence-electron chi connectivity index (χ4n) is 1.74. The van der Waals surface area contributed by atoms with Crippen LogP contribution >= 0.6 is 12.2 Å². The van der Waals surface area contributed by atoms with Gasteiger partial charge in [0.1, 0.15) is 5.75 Å². The zero-order valence-corrected chi connectivity index (χ0v) is 10.3. The Labute approximate surface area is 105 Å². The molecule has 0 spiro atoms. The van der Waals surface area contributed by atoms with E-state index in [4.69, 9.17) is 22.7 Å². The van der Waals surface area contributed by atoms with Gasteiger partial charge in [-0.2, -0.15) is 5.10 Å². The molecular formula is C11H14N4OS. The van der Waals surface area contributed by atoms with E-state index in [2.05, 4.69) is 15.8 Å². The molecule has 0 bridgehead atoms. The minimum Gasteiger partial charge on any atom is -0.497 e. The van der Waals surface area contributed by atoms with Gasteiger partial charge in [-0.25, -0.2) is 0 Å². The van der Waals surface area contributed by atoms with Crippen LogP contribution in [0.15, 0.2) is 23.3 Å². The summed E-state index contributed by atoms with van der Waals surface area (Å²) < 4.78 is 5.18. The summed E-state index contributed by atoms with van der Waals surface area (Å²) in [5, 5.41) is 7.67. The number of hydrogen-bond acceptors (Lipinski definition) is 4. The molecule has 90 valence electrons. The van der Waals surface area contributed by atoms with E-state index in [0.717, 1.165) is 35.7 Å². The molecule has 1 aliphatic rings. The molecule has 0 amide bonds. The van der Waals surface area contributed by atoms with E-state index in [1.165, 1.54) is 0 Å². The lowest BCUT2D eigenvalue weighted by Crippen LogP contribution is -2.27. The van der Waals surface area contributed by atoms with Crippen molar-refractivity contribution in [2.45, 2.75) is 6.42 Å². The van der Waals surface area contributed by atoms with E-state index in [9.17, 15) is 0 Å². The number of methoxy groups -OCH3 is 1. The number of ether oxygens (including phenoxy) is 1. The van der Waals surface area contributed by atoms with Crippen LogP contribution in [-0.2, 0) is 0 Å². The SMILES string of the molecule is COc1ccc2c(c1)NCCC2=NNC(N)=S. The van der Waals surface area contributed by atoms with Crippen molar-refractivity contribution >= 4 is 28.7 Å². The molecule has 1 aliphatic heterocycles. The topological polar surface area (TPSA) is 71.7 Å². The summed E-state index contributed by atoms with van der Waals surface area (Å²) in [7, 11) is 1.65. The second-order valence-corrected chi connectivity index (χ2v) is 4.06. The van der Waals surface area contributed by atoms with Crippen molar-refractivity contribution in [3.63, 3.8) is 0 Å². The van der Waals surface area contributed by atoms with Crippen LogP contribution in [0.3, 0.4) is 0 Å². The minimum atomic E-state index is 0.172. The molecule has 6 heteroatoms. The summed E-state index contributed by atoms with van der Waals surface area (Å²) in [4.78, 5) is 0. The van der Waals surface area contributed by atoms with Crippen molar-refractivity contribution < 1.29 is 4.74 Å². The highest BCUT2D eigenvalue weighted by Gasteiger charge is 2.15. The lowest BCUT2D eigenvalue weighted by Gasteiger charge is -2.20. The largest absolute Gasteiger partial charge is 0.497 e. The fraction of sp³-hybridized carbons (Fsp3) is 0.273. The van der Waals surface area contributed by atoms with Crippen molar-refractivity contribution in [1.82, 2.24) is 5.43 Å². The Bertz CT molecular complexity index is 473. The molecule has 0 aromatic heterocycles. The highest BCUT2D eigenvalue weighted by Crippen LogP contribution is 2.26. The maximum atomic E-state index is 5.35. The molecule has 0 atom stereocenters. The molecule has 0 unspecified atom stereocenters. The normalized spacial score (nSPS) is 15.9. The average molecular weight is 250 g/mol. The molecule has 17 heavy (non-hydrogen) atoms. The first-order valence-electron chi connectivity index (χ1n) is 5.25. The van der Waals surface area contributed by atoms with E-state index >= 15 is 0 Å².